The molecule has 90 valence electrons. The lowest BCUT2D eigenvalue weighted by atomic mass is 9.92. The molecule has 1 aliphatic rings. The number of piperidine rings is 1. The molecule has 2 rings (SSSR count). The van der Waals surface area contributed by atoms with Crippen LogP contribution in [0.1, 0.15) is 37.9 Å². The number of hydrogen-bond acceptors (Lipinski definition) is 3. The molecule has 0 spiro atoms. The lowest BCUT2D eigenvalue weighted by Crippen LogP contribution is -2.41. The molecule has 0 saturated carbocycles. The molecule has 0 aromatic carbocycles. The van der Waals surface area contributed by atoms with Gasteiger partial charge < -0.3 is 0 Å². The first kappa shape index (κ1) is 12.1. The molecule has 3 nitrogen and oxygen atoms in total. The zero-order valence-corrected chi connectivity index (χ0v) is 10.6. The van der Waals surface area contributed by atoms with Gasteiger partial charge in [-0.2, -0.15) is 5.26 Å². The summed E-state index contributed by atoms with van der Waals surface area (Å²) in [7, 11) is 0. The van der Waals surface area contributed by atoms with Crippen LogP contribution in [0.5, 0.6) is 0 Å². The van der Waals surface area contributed by atoms with Gasteiger partial charge in [-0.05, 0) is 49.9 Å². The van der Waals surface area contributed by atoms with Gasteiger partial charge in [0.1, 0.15) is 11.8 Å². The van der Waals surface area contributed by atoms with Crippen molar-refractivity contribution in [3.63, 3.8) is 0 Å². The van der Waals surface area contributed by atoms with Gasteiger partial charge in [0.2, 0.25) is 0 Å². The lowest BCUT2D eigenvalue weighted by molar-refractivity contribution is 0.106. The molecule has 1 aliphatic heterocycles. The Morgan fingerprint density at radius 2 is 2.35 bits per heavy atom. The van der Waals surface area contributed by atoms with Gasteiger partial charge in [0.25, 0.3) is 0 Å². The van der Waals surface area contributed by atoms with Gasteiger partial charge in [0, 0.05) is 18.8 Å². The summed E-state index contributed by atoms with van der Waals surface area (Å²) in [5.41, 5.74) is 1.71. The summed E-state index contributed by atoms with van der Waals surface area (Å²) in [5, 5.41) is 8.84. The summed E-state index contributed by atoms with van der Waals surface area (Å²) < 4.78 is 0. The van der Waals surface area contributed by atoms with Gasteiger partial charge >= 0.3 is 0 Å². The number of rotatable bonds is 2. The van der Waals surface area contributed by atoms with E-state index in [2.05, 4.69) is 29.8 Å². The molecule has 2 heterocycles. The smallest absolute Gasteiger partial charge is 0.140 e. The predicted octanol–water partition coefficient (Wildman–Crippen LogP) is 2.57. The number of pyridine rings is 1. The van der Waals surface area contributed by atoms with Gasteiger partial charge in [0.15, 0.2) is 0 Å². The molecule has 0 N–H and O–H groups in total. The van der Waals surface area contributed by atoms with E-state index in [0.29, 0.717) is 11.7 Å². The number of likely N-dealkylation sites (tertiary alicyclic amines) is 1. The number of nitriles is 1. The van der Waals surface area contributed by atoms with Crippen molar-refractivity contribution in [2.24, 2.45) is 5.92 Å². The van der Waals surface area contributed by atoms with Crippen LogP contribution in [0.15, 0.2) is 18.3 Å². The van der Waals surface area contributed by atoms with E-state index in [1.807, 2.05) is 12.1 Å². The van der Waals surface area contributed by atoms with Crippen molar-refractivity contribution < 1.29 is 0 Å². The van der Waals surface area contributed by atoms with E-state index in [1.54, 1.807) is 6.20 Å². The first-order chi connectivity index (χ1) is 8.20. The number of aromatic nitrogens is 1. The highest BCUT2D eigenvalue weighted by atomic mass is 15.2. The second kappa shape index (κ2) is 5.29. The van der Waals surface area contributed by atoms with Crippen LogP contribution in [0, 0.1) is 17.2 Å². The summed E-state index contributed by atoms with van der Waals surface area (Å²) in [5.74, 6) is 0.765. The highest BCUT2D eigenvalue weighted by Gasteiger charge is 2.24. The third kappa shape index (κ3) is 2.83. The fourth-order valence-corrected chi connectivity index (χ4v) is 2.51. The molecule has 17 heavy (non-hydrogen) atoms. The average molecular weight is 229 g/mol. The summed E-state index contributed by atoms with van der Waals surface area (Å²) in [6, 6.07) is 6.62. The minimum absolute atomic E-state index is 0.514. The Hall–Kier alpha value is -1.40. The maximum Gasteiger partial charge on any atom is 0.140 e. The molecule has 0 bridgehead atoms. The molecule has 0 radical (unpaired) electrons. The Bertz CT molecular complexity index is 422. The van der Waals surface area contributed by atoms with Crippen LogP contribution in [-0.4, -0.2) is 22.5 Å². The van der Waals surface area contributed by atoms with Crippen LogP contribution < -0.4 is 0 Å². The third-order valence-electron chi connectivity index (χ3n) is 3.83. The molecule has 3 heteroatoms. The Kier molecular flexibility index (Phi) is 3.75. The minimum atomic E-state index is 0.514. The highest BCUT2D eigenvalue weighted by Crippen LogP contribution is 2.24. The second-order valence-corrected chi connectivity index (χ2v) is 4.99. The standard InChI is InChI=1S/C14H19N3/c1-11-4-3-7-17(12(11)2)10-13-5-6-16-14(8-13)9-15/h5-6,8,11-12H,3-4,7,10H2,1-2H3. The fraction of sp³-hybridized carbons (Fsp3) is 0.571. The molecule has 1 fully saturated rings. The fourth-order valence-electron chi connectivity index (χ4n) is 2.51. The summed E-state index contributed by atoms with van der Waals surface area (Å²) >= 11 is 0. The summed E-state index contributed by atoms with van der Waals surface area (Å²) in [4.78, 5) is 6.51. The van der Waals surface area contributed by atoms with Crippen molar-refractivity contribution in [2.75, 3.05) is 6.54 Å². The summed E-state index contributed by atoms with van der Waals surface area (Å²) in [6.07, 6.45) is 4.34. The van der Waals surface area contributed by atoms with Gasteiger partial charge in [-0.1, -0.05) is 6.92 Å². The maximum absolute atomic E-state index is 8.84. The molecular weight excluding hydrogens is 210 g/mol. The Labute approximate surface area is 103 Å². The zero-order valence-electron chi connectivity index (χ0n) is 10.6. The van der Waals surface area contributed by atoms with Crippen molar-refractivity contribution in [1.29, 1.82) is 5.26 Å². The van der Waals surface area contributed by atoms with Crippen molar-refractivity contribution in [3.8, 4) is 6.07 Å². The van der Waals surface area contributed by atoms with Crippen LogP contribution >= 0.6 is 0 Å². The van der Waals surface area contributed by atoms with Gasteiger partial charge in [0.05, 0.1) is 0 Å². The first-order valence-electron chi connectivity index (χ1n) is 6.30. The monoisotopic (exact) mass is 229 g/mol. The van der Waals surface area contributed by atoms with Crippen LogP contribution in [0.2, 0.25) is 0 Å². The van der Waals surface area contributed by atoms with E-state index in [0.717, 1.165) is 19.0 Å². The second-order valence-electron chi connectivity index (χ2n) is 4.99. The Morgan fingerprint density at radius 3 is 3.12 bits per heavy atom. The van der Waals surface area contributed by atoms with Crippen LogP contribution in [0.3, 0.4) is 0 Å². The van der Waals surface area contributed by atoms with Crippen molar-refractivity contribution in [2.45, 2.75) is 39.3 Å². The molecule has 2 unspecified atom stereocenters. The van der Waals surface area contributed by atoms with Gasteiger partial charge in [-0.25, -0.2) is 4.98 Å². The van der Waals surface area contributed by atoms with Gasteiger partial charge in [-0.3, -0.25) is 4.90 Å². The normalized spacial score (nSPS) is 25.5. The number of nitrogens with zero attached hydrogens (tertiary/aromatic N) is 3. The molecule has 1 aromatic heterocycles. The van der Waals surface area contributed by atoms with Crippen LogP contribution in [0.25, 0.3) is 0 Å². The van der Waals surface area contributed by atoms with Gasteiger partial charge in [-0.15, -0.1) is 0 Å². The average Bonchev–Trinajstić information content (AvgIpc) is 2.35. The number of hydrogen-bond donors (Lipinski definition) is 0. The van der Waals surface area contributed by atoms with E-state index >= 15 is 0 Å². The Balaban J connectivity index is 2.07. The van der Waals surface area contributed by atoms with Crippen molar-refractivity contribution in [3.05, 3.63) is 29.6 Å². The lowest BCUT2D eigenvalue weighted by Gasteiger charge is -2.37. The van der Waals surface area contributed by atoms with Crippen molar-refractivity contribution >= 4 is 0 Å². The predicted molar refractivity (Wildman–Crippen MR) is 67.2 cm³/mol. The molecule has 0 amide bonds. The molecular formula is C14H19N3. The zero-order chi connectivity index (χ0) is 12.3. The molecule has 0 aliphatic carbocycles. The largest absolute Gasteiger partial charge is 0.296 e. The summed E-state index contributed by atoms with van der Waals surface area (Å²) in [6.45, 7) is 6.72. The minimum Gasteiger partial charge on any atom is -0.296 e. The third-order valence-corrected chi connectivity index (χ3v) is 3.83. The maximum atomic E-state index is 8.84. The van der Waals surface area contributed by atoms with E-state index in [9.17, 15) is 0 Å². The topological polar surface area (TPSA) is 39.9 Å². The van der Waals surface area contributed by atoms with Crippen LogP contribution in [0.4, 0.5) is 0 Å². The van der Waals surface area contributed by atoms with E-state index in [1.165, 1.54) is 18.4 Å². The quantitative estimate of drug-likeness (QED) is 0.782. The first-order valence-corrected chi connectivity index (χ1v) is 6.30. The van der Waals surface area contributed by atoms with Crippen molar-refractivity contribution in [1.82, 2.24) is 9.88 Å². The Morgan fingerprint density at radius 1 is 1.53 bits per heavy atom. The van der Waals surface area contributed by atoms with E-state index in [-0.39, 0.29) is 0 Å². The SMILES string of the molecule is CC1CCCN(Cc2ccnc(C#N)c2)C1C. The molecule has 2 atom stereocenters. The molecule has 1 aromatic rings. The van der Waals surface area contributed by atoms with Crippen LogP contribution in [-0.2, 0) is 6.54 Å². The van der Waals surface area contributed by atoms with E-state index in [4.69, 9.17) is 5.26 Å². The highest BCUT2D eigenvalue weighted by molar-refractivity contribution is 5.25. The van der Waals surface area contributed by atoms with E-state index < -0.39 is 0 Å². The molecule has 1 saturated heterocycles.